The summed E-state index contributed by atoms with van der Waals surface area (Å²) < 4.78 is 13.9. The van der Waals surface area contributed by atoms with Crippen LogP contribution in [-0.2, 0) is 6.54 Å². The maximum atomic E-state index is 13.9. The Hall–Kier alpha value is -0.580. The Balaban J connectivity index is 2.09. The smallest absolute Gasteiger partial charge is 0.137 e. The molecule has 1 aromatic rings. The second kappa shape index (κ2) is 6.04. The van der Waals surface area contributed by atoms with Crippen molar-refractivity contribution >= 4 is 11.8 Å². The van der Waals surface area contributed by atoms with Crippen molar-refractivity contribution in [2.45, 2.75) is 55.5 Å². The Bertz CT molecular complexity index is 407. The molecule has 0 saturated heterocycles. The first kappa shape index (κ1) is 13.8. The van der Waals surface area contributed by atoms with Crippen LogP contribution in [0.25, 0.3) is 0 Å². The minimum Gasteiger partial charge on any atom is -0.392 e. The van der Waals surface area contributed by atoms with Crippen molar-refractivity contribution in [2.24, 2.45) is 0 Å². The van der Waals surface area contributed by atoms with Crippen LogP contribution < -0.4 is 5.32 Å². The Labute approximate surface area is 112 Å². The van der Waals surface area contributed by atoms with Crippen LogP contribution in [0.15, 0.2) is 23.1 Å². The Morgan fingerprint density at radius 1 is 1.44 bits per heavy atom. The lowest BCUT2D eigenvalue weighted by molar-refractivity contribution is 0.196. The van der Waals surface area contributed by atoms with E-state index in [1.807, 2.05) is 13.0 Å². The summed E-state index contributed by atoms with van der Waals surface area (Å²) in [6, 6.07) is 5.80. The number of thioether (sulfide) groups is 1. The number of hydrogen-bond acceptors (Lipinski definition) is 3. The van der Waals surface area contributed by atoms with Crippen LogP contribution in [0.4, 0.5) is 4.39 Å². The zero-order valence-corrected chi connectivity index (χ0v) is 11.6. The molecular weight excluding hydrogens is 249 g/mol. The molecule has 1 aromatic carbocycles. The van der Waals surface area contributed by atoms with Gasteiger partial charge < -0.3 is 10.4 Å². The minimum absolute atomic E-state index is 0.0124. The fraction of sp³-hybridized carbons (Fsp3) is 0.571. The maximum Gasteiger partial charge on any atom is 0.137 e. The van der Waals surface area contributed by atoms with Gasteiger partial charge in [0.2, 0.25) is 0 Å². The van der Waals surface area contributed by atoms with E-state index >= 15 is 0 Å². The molecule has 2 rings (SSSR count). The van der Waals surface area contributed by atoms with Gasteiger partial charge in [-0.3, -0.25) is 0 Å². The van der Waals surface area contributed by atoms with Gasteiger partial charge in [0, 0.05) is 22.7 Å². The first-order chi connectivity index (χ1) is 8.58. The molecule has 18 heavy (non-hydrogen) atoms. The number of aliphatic hydroxyl groups excluding tert-OH is 1. The summed E-state index contributed by atoms with van der Waals surface area (Å²) in [6.45, 7) is 4.36. The van der Waals surface area contributed by atoms with Gasteiger partial charge in [0.1, 0.15) is 5.82 Å². The first-order valence-corrected chi connectivity index (χ1v) is 7.31. The number of rotatable bonds is 6. The van der Waals surface area contributed by atoms with Gasteiger partial charge in [-0.05, 0) is 31.4 Å². The van der Waals surface area contributed by atoms with Crippen molar-refractivity contribution in [3.63, 3.8) is 0 Å². The standard InChI is InChI=1S/C14H20FNOS/c1-9(17)10(2)18-14-11(4-3-5-13(14)15)8-16-12-6-7-12/h3-5,9-10,12,16-17H,6-8H2,1-2H3. The van der Waals surface area contributed by atoms with Gasteiger partial charge in [-0.1, -0.05) is 19.1 Å². The molecule has 1 aliphatic carbocycles. The molecular formula is C14H20FNOS. The van der Waals surface area contributed by atoms with Crippen LogP contribution in [0.2, 0.25) is 0 Å². The van der Waals surface area contributed by atoms with Crippen LogP contribution >= 0.6 is 11.8 Å². The second-order valence-electron chi connectivity index (χ2n) is 4.95. The van der Waals surface area contributed by atoms with Gasteiger partial charge >= 0.3 is 0 Å². The fourth-order valence-electron chi connectivity index (χ4n) is 1.65. The maximum absolute atomic E-state index is 13.9. The van der Waals surface area contributed by atoms with E-state index in [1.54, 1.807) is 13.0 Å². The number of hydrogen-bond donors (Lipinski definition) is 2. The van der Waals surface area contributed by atoms with Crippen molar-refractivity contribution in [1.82, 2.24) is 5.32 Å². The Morgan fingerprint density at radius 2 is 2.17 bits per heavy atom. The van der Waals surface area contributed by atoms with E-state index in [0.717, 1.165) is 5.56 Å². The molecule has 2 nitrogen and oxygen atoms in total. The van der Waals surface area contributed by atoms with Crippen LogP contribution in [0.1, 0.15) is 32.3 Å². The summed E-state index contributed by atoms with van der Waals surface area (Å²) in [5, 5.41) is 12.9. The number of benzene rings is 1. The van der Waals surface area contributed by atoms with Gasteiger partial charge in [-0.15, -0.1) is 11.8 Å². The van der Waals surface area contributed by atoms with E-state index in [2.05, 4.69) is 5.32 Å². The summed E-state index contributed by atoms with van der Waals surface area (Å²) in [5.41, 5.74) is 0.986. The average molecular weight is 269 g/mol. The Kier molecular flexibility index (Phi) is 4.65. The molecule has 2 atom stereocenters. The van der Waals surface area contributed by atoms with E-state index < -0.39 is 6.10 Å². The van der Waals surface area contributed by atoms with E-state index in [4.69, 9.17) is 0 Å². The molecule has 4 heteroatoms. The number of halogens is 1. The summed E-state index contributed by atoms with van der Waals surface area (Å²) in [4.78, 5) is 0.666. The molecule has 2 unspecified atom stereocenters. The normalized spacial score (nSPS) is 18.7. The molecule has 0 spiro atoms. The van der Waals surface area contributed by atoms with Crippen LogP contribution in [-0.4, -0.2) is 22.5 Å². The summed E-state index contributed by atoms with van der Waals surface area (Å²) in [7, 11) is 0. The summed E-state index contributed by atoms with van der Waals surface area (Å²) in [6.07, 6.45) is 2.00. The molecule has 1 fully saturated rings. The fourth-order valence-corrected chi connectivity index (χ4v) is 2.69. The lowest BCUT2D eigenvalue weighted by atomic mass is 10.2. The third-order valence-electron chi connectivity index (χ3n) is 3.19. The molecule has 1 aliphatic rings. The molecule has 0 amide bonds. The summed E-state index contributed by atoms with van der Waals surface area (Å²) in [5.74, 6) is -0.192. The second-order valence-corrected chi connectivity index (χ2v) is 6.33. The minimum atomic E-state index is -0.446. The van der Waals surface area contributed by atoms with Crippen molar-refractivity contribution in [2.75, 3.05) is 0 Å². The van der Waals surface area contributed by atoms with Gasteiger partial charge in [-0.2, -0.15) is 0 Å². The van der Waals surface area contributed by atoms with Crippen molar-refractivity contribution < 1.29 is 9.50 Å². The van der Waals surface area contributed by atoms with Gasteiger partial charge in [0.15, 0.2) is 0 Å². The largest absolute Gasteiger partial charge is 0.392 e. The third-order valence-corrected chi connectivity index (χ3v) is 4.65. The number of nitrogens with one attached hydrogen (secondary N) is 1. The first-order valence-electron chi connectivity index (χ1n) is 6.43. The molecule has 2 N–H and O–H groups in total. The third kappa shape index (κ3) is 3.70. The zero-order valence-electron chi connectivity index (χ0n) is 10.8. The molecule has 0 radical (unpaired) electrons. The Morgan fingerprint density at radius 3 is 2.78 bits per heavy atom. The highest BCUT2D eigenvalue weighted by atomic mass is 32.2. The molecule has 0 heterocycles. The number of aliphatic hydroxyl groups is 1. The molecule has 100 valence electrons. The van der Waals surface area contributed by atoms with E-state index in [9.17, 15) is 9.50 Å². The van der Waals surface area contributed by atoms with Crippen molar-refractivity contribution in [3.05, 3.63) is 29.6 Å². The highest BCUT2D eigenvalue weighted by molar-refractivity contribution is 8.00. The van der Waals surface area contributed by atoms with Crippen LogP contribution in [0, 0.1) is 5.82 Å². The quantitative estimate of drug-likeness (QED) is 0.779. The van der Waals surface area contributed by atoms with Crippen LogP contribution in [0.3, 0.4) is 0 Å². The highest BCUT2D eigenvalue weighted by Crippen LogP contribution is 2.31. The highest BCUT2D eigenvalue weighted by Gasteiger charge is 2.22. The average Bonchev–Trinajstić information content (AvgIpc) is 3.13. The van der Waals surface area contributed by atoms with Gasteiger partial charge in [-0.25, -0.2) is 4.39 Å². The van der Waals surface area contributed by atoms with Crippen molar-refractivity contribution in [3.8, 4) is 0 Å². The molecule has 0 aromatic heterocycles. The van der Waals surface area contributed by atoms with Gasteiger partial charge in [0.25, 0.3) is 0 Å². The molecule has 0 aliphatic heterocycles. The van der Waals surface area contributed by atoms with E-state index in [1.165, 1.54) is 30.7 Å². The van der Waals surface area contributed by atoms with Crippen LogP contribution in [0.5, 0.6) is 0 Å². The summed E-state index contributed by atoms with van der Waals surface area (Å²) >= 11 is 1.41. The lowest BCUT2D eigenvalue weighted by Gasteiger charge is -2.17. The van der Waals surface area contributed by atoms with E-state index in [-0.39, 0.29) is 11.1 Å². The van der Waals surface area contributed by atoms with Gasteiger partial charge in [0.05, 0.1) is 6.10 Å². The zero-order chi connectivity index (χ0) is 13.1. The monoisotopic (exact) mass is 269 g/mol. The molecule has 0 bridgehead atoms. The predicted octanol–water partition coefficient (Wildman–Crippen LogP) is 2.94. The SMILES string of the molecule is CC(O)C(C)Sc1c(F)cccc1CNC1CC1. The lowest BCUT2D eigenvalue weighted by Crippen LogP contribution is -2.18. The predicted molar refractivity (Wildman–Crippen MR) is 73.3 cm³/mol. The molecule has 1 saturated carbocycles. The topological polar surface area (TPSA) is 32.3 Å². The van der Waals surface area contributed by atoms with Crippen molar-refractivity contribution in [1.29, 1.82) is 0 Å². The van der Waals surface area contributed by atoms with E-state index in [0.29, 0.717) is 17.5 Å².